The van der Waals surface area contributed by atoms with E-state index in [-0.39, 0.29) is 36.6 Å². The number of amides is 2. The molecule has 5 rings (SSSR count). The molecular formula is C24H25FN6O2. The number of halogens is 1. The van der Waals surface area contributed by atoms with E-state index >= 15 is 0 Å². The van der Waals surface area contributed by atoms with Gasteiger partial charge >= 0.3 is 0 Å². The van der Waals surface area contributed by atoms with E-state index in [1.807, 2.05) is 11.8 Å². The van der Waals surface area contributed by atoms with Gasteiger partial charge < -0.3 is 4.90 Å². The molecule has 1 atom stereocenters. The van der Waals surface area contributed by atoms with Gasteiger partial charge in [-0.05, 0) is 43.5 Å². The maximum absolute atomic E-state index is 13.7. The minimum absolute atomic E-state index is 0.00335. The second-order valence-corrected chi connectivity index (χ2v) is 8.61. The van der Waals surface area contributed by atoms with Crippen LogP contribution in [-0.4, -0.2) is 49.6 Å². The molecule has 4 heterocycles. The van der Waals surface area contributed by atoms with Crippen LogP contribution in [0.5, 0.6) is 0 Å². The molecule has 1 fully saturated rings. The van der Waals surface area contributed by atoms with Gasteiger partial charge in [0, 0.05) is 49.1 Å². The number of carbonyl (C=O) groups is 2. The molecular weight excluding hydrogens is 423 g/mol. The fourth-order valence-corrected chi connectivity index (χ4v) is 4.60. The zero-order valence-corrected chi connectivity index (χ0v) is 18.4. The van der Waals surface area contributed by atoms with Crippen molar-refractivity contribution in [2.75, 3.05) is 18.0 Å². The number of aryl methyl sites for hydroxylation is 1. The average molecular weight is 449 g/mol. The Morgan fingerprint density at radius 2 is 2.09 bits per heavy atom. The Kier molecular flexibility index (Phi) is 5.62. The molecule has 2 amide bonds. The van der Waals surface area contributed by atoms with Crippen molar-refractivity contribution in [3.63, 3.8) is 0 Å². The van der Waals surface area contributed by atoms with Crippen molar-refractivity contribution in [1.29, 1.82) is 0 Å². The van der Waals surface area contributed by atoms with E-state index in [9.17, 15) is 14.0 Å². The summed E-state index contributed by atoms with van der Waals surface area (Å²) in [5.74, 6) is 0.919. The summed E-state index contributed by atoms with van der Waals surface area (Å²) in [4.78, 5) is 38.5. The molecule has 0 saturated carbocycles. The molecule has 0 aliphatic carbocycles. The van der Waals surface area contributed by atoms with Gasteiger partial charge in [0.15, 0.2) is 0 Å². The molecule has 0 N–H and O–H groups in total. The maximum atomic E-state index is 13.7. The van der Waals surface area contributed by atoms with Crippen molar-refractivity contribution in [1.82, 2.24) is 24.6 Å². The third kappa shape index (κ3) is 4.35. The number of hydrogen-bond acceptors (Lipinski definition) is 5. The molecule has 0 unspecified atom stereocenters. The first-order valence-electron chi connectivity index (χ1n) is 11.2. The first kappa shape index (κ1) is 21.2. The van der Waals surface area contributed by atoms with Crippen molar-refractivity contribution in [3.8, 4) is 0 Å². The standard InChI is InChI=1S/C24H25FN6O2/c1-16-20-6-7-21(32)31(13-17-4-2-5-19(25)12-17)24(20)28-23(27-16)18-8-11-29(14-18)22(33)15-30-10-3-9-26-30/h2-5,9-10,12,18H,6-8,11,13-15H2,1H3/t18-/m1/s1. The second-order valence-electron chi connectivity index (χ2n) is 8.61. The van der Waals surface area contributed by atoms with E-state index in [4.69, 9.17) is 9.97 Å². The lowest BCUT2D eigenvalue weighted by Crippen LogP contribution is -2.36. The highest BCUT2D eigenvalue weighted by molar-refractivity contribution is 5.95. The minimum atomic E-state index is -0.331. The van der Waals surface area contributed by atoms with Crippen LogP contribution >= 0.6 is 0 Å². The number of rotatable bonds is 5. The van der Waals surface area contributed by atoms with Gasteiger partial charge in [-0.2, -0.15) is 5.10 Å². The molecule has 2 aromatic heterocycles. The number of anilines is 1. The number of hydrogen-bond donors (Lipinski definition) is 0. The Morgan fingerprint density at radius 1 is 1.21 bits per heavy atom. The van der Waals surface area contributed by atoms with E-state index < -0.39 is 0 Å². The molecule has 33 heavy (non-hydrogen) atoms. The van der Waals surface area contributed by atoms with E-state index in [0.29, 0.717) is 43.1 Å². The molecule has 1 aromatic carbocycles. The predicted molar refractivity (Wildman–Crippen MR) is 119 cm³/mol. The fraction of sp³-hybridized carbons (Fsp3) is 0.375. The van der Waals surface area contributed by atoms with E-state index in [2.05, 4.69) is 5.10 Å². The summed E-state index contributed by atoms with van der Waals surface area (Å²) in [5.41, 5.74) is 2.53. The van der Waals surface area contributed by atoms with Crippen LogP contribution in [0.1, 0.15) is 41.4 Å². The van der Waals surface area contributed by atoms with Crippen molar-refractivity contribution >= 4 is 17.6 Å². The molecule has 0 radical (unpaired) electrons. The molecule has 2 aliphatic rings. The number of likely N-dealkylation sites (tertiary alicyclic amines) is 1. The summed E-state index contributed by atoms with van der Waals surface area (Å²) >= 11 is 0. The zero-order chi connectivity index (χ0) is 22.9. The third-order valence-electron chi connectivity index (χ3n) is 6.35. The lowest BCUT2D eigenvalue weighted by Gasteiger charge is -2.30. The second kappa shape index (κ2) is 8.73. The number of nitrogens with zero attached hydrogens (tertiary/aromatic N) is 6. The Bertz CT molecular complexity index is 1200. The highest BCUT2D eigenvalue weighted by Gasteiger charge is 2.33. The Labute approximate surface area is 191 Å². The molecule has 3 aromatic rings. The fourth-order valence-electron chi connectivity index (χ4n) is 4.60. The minimum Gasteiger partial charge on any atom is -0.340 e. The monoisotopic (exact) mass is 448 g/mol. The highest BCUT2D eigenvalue weighted by Crippen LogP contribution is 2.33. The maximum Gasteiger partial charge on any atom is 0.244 e. The van der Waals surface area contributed by atoms with E-state index in [1.165, 1.54) is 12.1 Å². The molecule has 1 saturated heterocycles. The average Bonchev–Trinajstić information content (AvgIpc) is 3.48. The van der Waals surface area contributed by atoms with Crippen LogP contribution < -0.4 is 4.90 Å². The van der Waals surface area contributed by atoms with Gasteiger partial charge in [0.1, 0.15) is 24.0 Å². The third-order valence-corrected chi connectivity index (χ3v) is 6.35. The molecule has 9 heteroatoms. The molecule has 2 aliphatic heterocycles. The van der Waals surface area contributed by atoms with E-state index in [0.717, 1.165) is 17.7 Å². The summed E-state index contributed by atoms with van der Waals surface area (Å²) in [6, 6.07) is 8.07. The summed E-state index contributed by atoms with van der Waals surface area (Å²) in [7, 11) is 0. The van der Waals surface area contributed by atoms with Crippen molar-refractivity contribution in [2.24, 2.45) is 0 Å². The van der Waals surface area contributed by atoms with Crippen molar-refractivity contribution in [2.45, 2.75) is 45.2 Å². The summed E-state index contributed by atoms with van der Waals surface area (Å²) < 4.78 is 15.3. The lowest BCUT2D eigenvalue weighted by molar-refractivity contribution is -0.131. The summed E-state index contributed by atoms with van der Waals surface area (Å²) in [6.45, 7) is 3.58. The van der Waals surface area contributed by atoms with Crippen LogP contribution in [-0.2, 0) is 29.1 Å². The van der Waals surface area contributed by atoms with Crippen LogP contribution in [0.4, 0.5) is 10.2 Å². The van der Waals surface area contributed by atoms with Gasteiger partial charge in [-0.25, -0.2) is 14.4 Å². The van der Waals surface area contributed by atoms with Gasteiger partial charge in [-0.1, -0.05) is 12.1 Å². The number of aromatic nitrogens is 4. The van der Waals surface area contributed by atoms with Crippen LogP contribution in [0.25, 0.3) is 0 Å². The van der Waals surface area contributed by atoms with Crippen molar-refractivity contribution in [3.05, 3.63) is 71.2 Å². The van der Waals surface area contributed by atoms with Crippen molar-refractivity contribution < 1.29 is 14.0 Å². The Balaban J connectivity index is 1.38. The first-order valence-corrected chi connectivity index (χ1v) is 11.2. The first-order chi connectivity index (χ1) is 16.0. The molecule has 0 bridgehead atoms. The van der Waals surface area contributed by atoms with Crippen LogP contribution in [0.15, 0.2) is 42.7 Å². The summed E-state index contributed by atoms with van der Waals surface area (Å²) in [5, 5.41) is 4.10. The topological polar surface area (TPSA) is 84.2 Å². The number of carbonyl (C=O) groups excluding carboxylic acids is 2. The largest absolute Gasteiger partial charge is 0.340 e. The summed E-state index contributed by atoms with van der Waals surface area (Å²) in [6.07, 6.45) is 5.16. The van der Waals surface area contributed by atoms with Gasteiger partial charge in [0.25, 0.3) is 0 Å². The zero-order valence-electron chi connectivity index (χ0n) is 18.4. The smallest absolute Gasteiger partial charge is 0.244 e. The van der Waals surface area contributed by atoms with Crippen LogP contribution in [0, 0.1) is 12.7 Å². The quantitative estimate of drug-likeness (QED) is 0.599. The Hall–Kier alpha value is -3.62. The Morgan fingerprint density at radius 3 is 2.88 bits per heavy atom. The van der Waals surface area contributed by atoms with E-state index in [1.54, 1.807) is 40.2 Å². The molecule has 170 valence electrons. The van der Waals surface area contributed by atoms with Crippen LogP contribution in [0.3, 0.4) is 0 Å². The van der Waals surface area contributed by atoms with Gasteiger partial charge in [-0.3, -0.25) is 19.2 Å². The molecule has 0 spiro atoms. The van der Waals surface area contributed by atoms with Gasteiger partial charge in [0.05, 0.1) is 6.54 Å². The van der Waals surface area contributed by atoms with Crippen LogP contribution in [0.2, 0.25) is 0 Å². The predicted octanol–water partition coefficient (Wildman–Crippen LogP) is 2.62. The van der Waals surface area contributed by atoms with Gasteiger partial charge in [0.2, 0.25) is 11.8 Å². The normalized spacial score (nSPS) is 18.0. The number of fused-ring (bicyclic) bond motifs is 1. The molecule has 8 nitrogen and oxygen atoms in total. The number of benzene rings is 1. The highest BCUT2D eigenvalue weighted by atomic mass is 19.1. The van der Waals surface area contributed by atoms with Gasteiger partial charge in [-0.15, -0.1) is 0 Å². The SMILES string of the molecule is Cc1nc([C@@H]2CCN(C(=O)Cn3cccn3)C2)nc2c1CCC(=O)N2Cc1cccc(F)c1. The lowest BCUT2D eigenvalue weighted by atomic mass is 10.0.